The van der Waals surface area contributed by atoms with Crippen LogP contribution in [0.3, 0.4) is 0 Å². The highest BCUT2D eigenvalue weighted by atomic mass is 19.1. The molecule has 0 bridgehead atoms. The lowest BCUT2D eigenvalue weighted by molar-refractivity contribution is 0.611. The van der Waals surface area contributed by atoms with Crippen molar-refractivity contribution in [3.8, 4) is 5.69 Å². The van der Waals surface area contributed by atoms with Crippen LogP contribution in [0.15, 0.2) is 84.3 Å². The third-order valence-electron chi connectivity index (χ3n) is 3.53. The molecule has 0 aliphatic heterocycles. The van der Waals surface area contributed by atoms with Crippen LogP contribution in [0, 0.1) is 5.82 Å². The number of aromatic nitrogens is 2. The number of allylic oxidation sites excluding steroid dienone is 6. The molecule has 0 radical (unpaired) electrons. The summed E-state index contributed by atoms with van der Waals surface area (Å²) in [4.78, 5) is 4.45. The van der Waals surface area contributed by atoms with E-state index in [2.05, 4.69) is 16.7 Å². The largest absolute Gasteiger partial charge is 0.256 e. The lowest BCUT2D eigenvalue weighted by Gasteiger charge is -2.03. The topological polar surface area (TPSA) is 30.2 Å². The van der Waals surface area contributed by atoms with Crippen molar-refractivity contribution >= 4 is 11.3 Å². The second kappa shape index (κ2) is 6.40. The molecule has 114 valence electrons. The van der Waals surface area contributed by atoms with Gasteiger partial charge in [-0.05, 0) is 36.3 Å². The Morgan fingerprint density at radius 2 is 2.04 bits per heavy atom. The molecule has 1 aliphatic carbocycles. The van der Waals surface area contributed by atoms with E-state index in [9.17, 15) is 4.39 Å². The predicted octanol–water partition coefficient (Wildman–Crippen LogP) is 4.50. The molecule has 3 rings (SSSR count). The fraction of sp³-hybridized carbons (Fsp3) is 0.0526. The van der Waals surface area contributed by atoms with Crippen LogP contribution in [-0.2, 0) is 0 Å². The van der Waals surface area contributed by atoms with Gasteiger partial charge >= 0.3 is 0 Å². The van der Waals surface area contributed by atoms with Crippen molar-refractivity contribution in [3.63, 3.8) is 0 Å². The van der Waals surface area contributed by atoms with Crippen molar-refractivity contribution in [2.45, 2.75) is 6.92 Å². The van der Waals surface area contributed by atoms with Crippen molar-refractivity contribution in [2.75, 3.05) is 0 Å². The normalized spacial score (nSPS) is 16.3. The summed E-state index contributed by atoms with van der Waals surface area (Å²) in [6, 6.07) is 6.54. The molecule has 0 N–H and O–H groups in total. The molecule has 0 unspecified atom stereocenters. The second-order valence-electron chi connectivity index (χ2n) is 5.19. The zero-order chi connectivity index (χ0) is 16.2. The first-order chi connectivity index (χ1) is 11.1. The first-order valence-corrected chi connectivity index (χ1v) is 7.24. The van der Waals surface area contributed by atoms with Crippen LogP contribution in [0.5, 0.6) is 0 Å². The van der Waals surface area contributed by atoms with E-state index in [1.54, 1.807) is 36.8 Å². The van der Waals surface area contributed by atoms with Gasteiger partial charge in [0.2, 0.25) is 0 Å². The summed E-state index contributed by atoms with van der Waals surface area (Å²) in [5.41, 5.74) is 3.95. The van der Waals surface area contributed by atoms with E-state index < -0.39 is 0 Å². The molecule has 3 nitrogen and oxygen atoms in total. The fourth-order valence-corrected chi connectivity index (χ4v) is 2.17. The van der Waals surface area contributed by atoms with E-state index in [-0.39, 0.29) is 5.82 Å². The molecular weight excluding hydrogens is 289 g/mol. The first-order valence-electron chi connectivity index (χ1n) is 7.24. The summed E-state index contributed by atoms with van der Waals surface area (Å²) in [5, 5.41) is 4.22. The number of benzene rings is 1. The lowest BCUT2D eigenvalue weighted by atomic mass is 10.1. The molecule has 0 saturated heterocycles. The van der Waals surface area contributed by atoms with Gasteiger partial charge in [0, 0.05) is 18.0 Å². The third-order valence-corrected chi connectivity index (χ3v) is 3.53. The average Bonchev–Trinajstić information content (AvgIpc) is 3.04. The van der Waals surface area contributed by atoms with Gasteiger partial charge in [-0.1, -0.05) is 36.9 Å². The third kappa shape index (κ3) is 3.26. The van der Waals surface area contributed by atoms with Crippen molar-refractivity contribution in [1.82, 2.24) is 9.78 Å². The van der Waals surface area contributed by atoms with Crippen molar-refractivity contribution in [1.29, 1.82) is 0 Å². The molecule has 1 aliphatic rings. The van der Waals surface area contributed by atoms with Gasteiger partial charge in [-0.25, -0.2) is 9.07 Å². The smallest absolute Gasteiger partial charge is 0.148 e. The van der Waals surface area contributed by atoms with E-state index in [1.807, 2.05) is 31.2 Å². The number of hydrogen-bond donors (Lipinski definition) is 0. The Labute approximate surface area is 134 Å². The summed E-state index contributed by atoms with van der Waals surface area (Å²) in [6.45, 7) is 5.89. The maximum atomic E-state index is 13.8. The maximum Gasteiger partial charge on any atom is 0.148 e. The van der Waals surface area contributed by atoms with Gasteiger partial charge in [0.1, 0.15) is 11.5 Å². The molecule has 1 aromatic carbocycles. The van der Waals surface area contributed by atoms with E-state index in [1.165, 1.54) is 10.7 Å². The van der Waals surface area contributed by atoms with Gasteiger partial charge in [0.15, 0.2) is 0 Å². The Kier molecular flexibility index (Phi) is 4.15. The van der Waals surface area contributed by atoms with E-state index in [0.29, 0.717) is 5.69 Å². The molecule has 0 saturated carbocycles. The summed E-state index contributed by atoms with van der Waals surface area (Å²) >= 11 is 0. The van der Waals surface area contributed by atoms with Crippen molar-refractivity contribution in [3.05, 3.63) is 90.7 Å². The standard InChI is InChI=1S/C19H16FN3/c1-14-7-3-5-9-18(14)21-11-15(2)16-12-22-23(13-16)19-10-6-4-8-17(19)20/h3-13H,1H2,2H3/b15-11+,21-18?. The molecule has 1 heterocycles. The maximum absolute atomic E-state index is 13.8. The zero-order valence-electron chi connectivity index (χ0n) is 12.8. The highest BCUT2D eigenvalue weighted by molar-refractivity contribution is 6.11. The number of nitrogens with zero attached hydrogens (tertiary/aromatic N) is 3. The Hall–Kier alpha value is -3.01. The molecule has 0 amide bonds. The minimum absolute atomic E-state index is 0.306. The second-order valence-corrected chi connectivity index (χ2v) is 5.19. The van der Waals surface area contributed by atoms with E-state index >= 15 is 0 Å². The molecule has 1 aromatic heterocycles. The fourth-order valence-electron chi connectivity index (χ4n) is 2.17. The minimum atomic E-state index is -0.306. The van der Waals surface area contributed by atoms with Crippen LogP contribution in [0.25, 0.3) is 11.3 Å². The molecule has 2 aromatic rings. The Balaban J connectivity index is 1.86. The van der Waals surface area contributed by atoms with Gasteiger partial charge < -0.3 is 0 Å². The van der Waals surface area contributed by atoms with Crippen molar-refractivity contribution < 1.29 is 4.39 Å². The highest BCUT2D eigenvalue weighted by Crippen LogP contribution is 2.18. The van der Waals surface area contributed by atoms with Gasteiger partial charge in [0.05, 0.1) is 11.9 Å². The Bertz CT molecular complexity index is 866. The lowest BCUT2D eigenvalue weighted by Crippen LogP contribution is -1.97. The molecular formula is C19H16FN3. The summed E-state index contributed by atoms with van der Waals surface area (Å²) in [7, 11) is 0. The summed E-state index contributed by atoms with van der Waals surface area (Å²) < 4.78 is 15.3. The van der Waals surface area contributed by atoms with Gasteiger partial charge in [-0.3, -0.25) is 4.99 Å². The van der Waals surface area contributed by atoms with E-state index in [4.69, 9.17) is 0 Å². The molecule has 0 atom stereocenters. The molecule has 0 fully saturated rings. The quantitative estimate of drug-likeness (QED) is 0.821. The Morgan fingerprint density at radius 1 is 1.26 bits per heavy atom. The zero-order valence-corrected chi connectivity index (χ0v) is 12.8. The monoisotopic (exact) mass is 305 g/mol. The summed E-state index contributed by atoms with van der Waals surface area (Å²) in [5.74, 6) is -0.306. The number of rotatable bonds is 3. The number of aliphatic imine (C=N–C) groups is 1. The van der Waals surface area contributed by atoms with Crippen molar-refractivity contribution in [2.24, 2.45) is 4.99 Å². The SMILES string of the molecule is C=C1C=CC=CC1=N/C=C(\C)c1cnn(-c2ccccc2F)c1. The van der Waals surface area contributed by atoms with Crippen LogP contribution in [0.4, 0.5) is 4.39 Å². The average molecular weight is 305 g/mol. The predicted molar refractivity (Wildman–Crippen MR) is 92.0 cm³/mol. The number of para-hydroxylation sites is 1. The van der Waals surface area contributed by atoms with Crippen LogP contribution >= 0.6 is 0 Å². The number of hydrogen-bond acceptors (Lipinski definition) is 2. The van der Waals surface area contributed by atoms with Crippen LogP contribution in [-0.4, -0.2) is 15.5 Å². The van der Waals surface area contributed by atoms with Gasteiger partial charge in [0.25, 0.3) is 0 Å². The summed E-state index contributed by atoms with van der Waals surface area (Å²) in [6.07, 6.45) is 12.9. The van der Waals surface area contributed by atoms with Crippen LogP contribution in [0.1, 0.15) is 12.5 Å². The molecule has 4 heteroatoms. The number of halogens is 1. The minimum Gasteiger partial charge on any atom is -0.256 e. The van der Waals surface area contributed by atoms with E-state index in [0.717, 1.165) is 22.4 Å². The molecule has 0 spiro atoms. The van der Waals surface area contributed by atoms with Gasteiger partial charge in [-0.2, -0.15) is 5.10 Å². The van der Waals surface area contributed by atoms with Crippen LogP contribution < -0.4 is 0 Å². The first kappa shape index (κ1) is 14.9. The van der Waals surface area contributed by atoms with Gasteiger partial charge in [-0.15, -0.1) is 0 Å². The van der Waals surface area contributed by atoms with Crippen LogP contribution in [0.2, 0.25) is 0 Å². The Morgan fingerprint density at radius 3 is 2.83 bits per heavy atom. The highest BCUT2D eigenvalue weighted by Gasteiger charge is 2.07. The molecule has 23 heavy (non-hydrogen) atoms.